The predicted molar refractivity (Wildman–Crippen MR) is 69.8 cm³/mol. The Labute approximate surface area is 121 Å². The first-order valence-corrected chi connectivity index (χ1v) is 7.19. The normalized spacial score (nSPS) is 11.6. The maximum absolute atomic E-state index is 12.6. The maximum Gasteiger partial charge on any atom is 0.406 e. The summed E-state index contributed by atoms with van der Waals surface area (Å²) in [7, 11) is 0. The van der Waals surface area contributed by atoms with Crippen molar-refractivity contribution in [1.29, 1.82) is 0 Å². The maximum atomic E-state index is 12.6. The van der Waals surface area contributed by atoms with Gasteiger partial charge < -0.3 is 4.90 Å². The van der Waals surface area contributed by atoms with Crippen LogP contribution in [0.2, 0.25) is 0 Å². The second-order valence-corrected chi connectivity index (χ2v) is 5.83. The topological polar surface area (TPSA) is 46.1 Å². The standard InChI is InChI=1S/C11H10F3N3OS2/c1-7-9(20-16-15-7)10(18)17(6-11(12,13)14)5-8-3-2-4-19-8/h2-4H,5-6H2,1H3. The highest BCUT2D eigenvalue weighted by Crippen LogP contribution is 2.23. The minimum atomic E-state index is -4.45. The number of nitrogens with zero attached hydrogens (tertiary/aromatic N) is 3. The van der Waals surface area contributed by atoms with Crippen LogP contribution in [0.5, 0.6) is 0 Å². The van der Waals surface area contributed by atoms with Crippen molar-refractivity contribution in [1.82, 2.24) is 14.5 Å². The van der Waals surface area contributed by atoms with Gasteiger partial charge in [0.1, 0.15) is 11.4 Å². The van der Waals surface area contributed by atoms with Crippen LogP contribution in [0.1, 0.15) is 20.2 Å². The fraction of sp³-hybridized carbons (Fsp3) is 0.364. The second kappa shape index (κ2) is 5.88. The molecule has 20 heavy (non-hydrogen) atoms. The first kappa shape index (κ1) is 14.9. The summed E-state index contributed by atoms with van der Waals surface area (Å²) in [5.74, 6) is -0.691. The molecule has 2 rings (SSSR count). The molecule has 0 bridgehead atoms. The molecule has 2 aromatic heterocycles. The zero-order valence-electron chi connectivity index (χ0n) is 10.3. The molecule has 0 aliphatic carbocycles. The summed E-state index contributed by atoms with van der Waals surface area (Å²) in [5.41, 5.74) is 0.346. The van der Waals surface area contributed by atoms with Gasteiger partial charge in [0, 0.05) is 4.88 Å². The van der Waals surface area contributed by atoms with Gasteiger partial charge in [-0.25, -0.2) is 0 Å². The van der Waals surface area contributed by atoms with E-state index in [1.54, 1.807) is 24.4 Å². The Morgan fingerprint density at radius 3 is 2.70 bits per heavy atom. The molecule has 0 aliphatic heterocycles. The molecule has 0 unspecified atom stereocenters. The SMILES string of the molecule is Cc1nnsc1C(=O)N(Cc1cccs1)CC(F)(F)F. The Morgan fingerprint density at radius 2 is 2.20 bits per heavy atom. The van der Waals surface area contributed by atoms with E-state index < -0.39 is 18.6 Å². The molecule has 108 valence electrons. The van der Waals surface area contributed by atoms with Gasteiger partial charge in [-0.2, -0.15) is 13.2 Å². The van der Waals surface area contributed by atoms with Crippen LogP contribution in [0.25, 0.3) is 0 Å². The first-order valence-electron chi connectivity index (χ1n) is 5.54. The fourth-order valence-corrected chi connectivity index (χ4v) is 2.92. The zero-order valence-corrected chi connectivity index (χ0v) is 12.0. The summed E-state index contributed by atoms with van der Waals surface area (Å²) in [5, 5.41) is 5.41. The van der Waals surface area contributed by atoms with Crippen LogP contribution in [0.4, 0.5) is 13.2 Å². The number of rotatable bonds is 4. The molecule has 0 radical (unpaired) electrons. The van der Waals surface area contributed by atoms with Crippen LogP contribution >= 0.6 is 22.9 Å². The van der Waals surface area contributed by atoms with Gasteiger partial charge in [-0.05, 0) is 29.9 Å². The summed E-state index contributed by atoms with van der Waals surface area (Å²) in [6, 6.07) is 3.43. The number of aromatic nitrogens is 2. The lowest BCUT2D eigenvalue weighted by Crippen LogP contribution is -2.38. The van der Waals surface area contributed by atoms with Crippen molar-refractivity contribution < 1.29 is 18.0 Å². The summed E-state index contributed by atoms with van der Waals surface area (Å²) in [6.07, 6.45) is -4.45. The molecular formula is C11H10F3N3OS2. The van der Waals surface area contributed by atoms with Crippen LogP contribution in [0.3, 0.4) is 0 Å². The molecule has 0 N–H and O–H groups in total. The minimum Gasteiger partial charge on any atom is -0.324 e. The molecule has 2 aromatic rings. The van der Waals surface area contributed by atoms with Gasteiger partial charge in [0.05, 0.1) is 12.2 Å². The van der Waals surface area contributed by atoms with Crippen molar-refractivity contribution in [2.45, 2.75) is 19.6 Å². The van der Waals surface area contributed by atoms with Gasteiger partial charge in [0.15, 0.2) is 0 Å². The Balaban J connectivity index is 2.22. The quantitative estimate of drug-likeness (QED) is 0.869. The number of aryl methyl sites for hydroxylation is 1. The van der Waals surface area contributed by atoms with Crippen molar-refractivity contribution in [3.05, 3.63) is 33.0 Å². The molecule has 0 aromatic carbocycles. The minimum absolute atomic E-state index is 0.0760. The van der Waals surface area contributed by atoms with Gasteiger partial charge >= 0.3 is 6.18 Å². The third kappa shape index (κ3) is 3.76. The smallest absolute Gasteiger partial charge is 0.324 e. The lowest BCUT2D eigenvalue weighted by molar-refractivity contribution is -0.141. The van der Waals surface area contributed by atoms with E-state index >= 15 is 0 Å². The molecule has 0 atom stereocenters. The Hall–Kier alpha value is -1.48. The van der Waals surface area contributed by atoms with Gasteiger partial charge in [-0.3, -0.25) is 4.79 Å². The number of halogens is 3. The average molecular weight is 321 g/mol. The molecule has 9 heteroatoms. The van der Waals surface area contributed by atoms with Crippen LogP contribution in [0, 0.1) is 6.92 Å². The monoisotopic (exact) mass is 321 g/mol. The lowest BCUT2D eigenvalue weighted by atomic mass is 10.3. The average Bonchev–Trinajstić information content (AvgIpc) is 2.97. The van der Waals surface area contributed by atoms with E-state index in [9.17, 15) is 18.0 Å². The molecule has 0 saturated carbocycles. The Bertz CT molecular complexity index is 580. The first-order chi connectivity index (χ1) is 9.37. The van der Waals surface area contributed by atoms with E-state index in [0.717, 1.165) is 16.4 Å². The van der Waals surface area contributed by atoms with E-state index in [1.807, 2.05) is 0 Å². The number of carbonyl (C=O) groups is 1. The predicted octanol–water partition coefficient (Wildman–Crippen LogP) is 3.11. The zero-order chi connectivity index (χ0) is 14.8. The van der Waals surface area contributed by atoms with Crippen molar-refractivity contribution in [2.24, 2.45) is 0 Å². The highest BCUT2D eigenvalue weighted by atomic mass is 32.1. The summed E-state index contributed by atoms with van der Waals surface area (Å²) in [6.45, 7) is 0.183. The molecule has 0 aliphatic rings. The van der Waals surface area contributed by atoms with Crippen LogP contribution < -0.4 is 0 Å². The van der Waals surface area contributed by atoms with Gasteiger partial charge in [-0.15, -0.1) is 16.4 Å². The molecule has 2 heterocycles. The summed E-state index contributed by atoms with van der Waals surface area (Å²) < 4.78 is 41.4. The van der Waals surface area contributed by atoms with Gasteiger partial charge in [-0.1, -0.05) is 10.6 Å². The van der Waals surface area contributed by atoms with E-state index in [0.29, 0.717) is 10.6 Å². The highest BCUT2D eigenvalue weighted by molar-refractivity contribution is 7.10. The molecular weight excluding hydrogens is 311 g/mol. The molecule has 1 amide bonds. The molecule has 0 spiro atoms. The van der Waals surface area contributed by atoms with Crippen molar-refractivity contribution in [2.75, 3.05) is 6.54 Å². The highest BCUT2D eigenvalue weighted by Gasteiger charge is 2.34. The van der Waals surface area contributed by atoms with Crippen molar-refractivity contribution in [3.63, 3.8) is 0 Å². The lowest BCUT2D eigenvalue weighted by Gasteiger charge is -2.22. The summed E-state index contributed by atoms with van der Waals surface area (Å²) in [4.78, 5) is 13.8. The van der Waals surface area contributed by atoms with E-state index in [-0.39, 0.29) is 11.4 Å². The Morgan fingerprint density at radius 1 is 1.45 bits per heavy atom. The third-order valence-electron chi connectivity index (χ3n) is 2.43. The Kier molecular flexibility index (Phi) is 4.39. The van der Waals surface area contributed by atoms with Crippen LogP contribution in [0.15, 0.2) is 17.5 Å². The summed E-state index contributed by atoms with van der Waals surface area (Å²) >= 11 is 2.12. The number of hydrogen-bond acceptors (Lipinski definition) is 5. The number of hydrogen-bond donors (Lipinski definition) is 0. The second-order valence-electron chi connectivity index (χ2n) is 4.04. The van der Waals surface area contributed by atoms with E-state index in [4.69, 9.17) is 0 Å². The van der Waals surface area contributed by atoms with E-state index in [1.165, 1.54) is 11.3 Å². The number of thiophene rings is 1. The number of amides is 1. The van der Waals surface area contributed by atoms with Crippen LogP contribution in [-0.4, -0.2) is 33.1 Å². The van der Waals surface area contributed by atoms with Gasteiger partial charge in [0.25, 0.3) is 5.91 Å². The third-order valence-corrected chi connectivity index (χ3v) is 4.11. The fourth-order valence-electron chi connectivity index (χ4n) is 1.58. The van der Waals surface area contributed by atoms with Gasteiger partial charge in [0.2, 0.25) is 0 Å². The van der Waals surface area contributed by atoms with Crippen molar-refractivity contribution in [3.8, 4) is 0 Å². The number of carbonyl (C=O) groups excluding carboxylic acids is 1. The number of alkyl halides is 3. The molecule has 0 saturated heterocycles. The van der Waals surface area contributed by atoms with E-state index in [2.05, 4.69) is 9.59 Å². The van der Waals surface area contributed by atoms with Crippen molar-refractivity contribution >= 4 is 28.8 Å². The van der Waals surface area contributed by atoms with Crippen LogP contribution in [-0.2, 0) is 6.54 Å². The molecule has 0 fully saturated rings. The largest absolute Gasteiger partial charge is 0.406 e. The molecule has 4 nitrogen and oxygen atoms in total.